The van der Waals surface area contributed by atoms with Gasteiger partial charge in [-0.1, -0.05) is 12.1 Å². The van der Waals surface area contributed by atoms with Gasteiger partial charge in [0.05, 0.1) is 5.75 Å². The normalized spacial score (nSPS) is 11.1. The van der Waals surface area contributed by atoms with E-state index in [1.54, 1.807) is 24.3 Å². The van der Waals surface area contributed by atoms with Crippen molar-refractivity contribution in [1.29, 1.82) is 0 Å². The van der Waals surface area contributed by atoms with Crippen molar-refractivity contribution < 1.29 is 23.1 Å². The number of anilines is 1. The third-order valence-electron chi connectivity index (χ3n) is 2.76. The summed E-state index contributed by atoms with van der Waals surface area (Å²) in [7, 11) is -3.05. The fourth-order valence-corrected chi connectivity index (χ4v) is 2.44. The van der Waals surface area contributed by atoms with E-state index in [-0.39, 0.29) is 30.9 Å². The van der Waals surface area contributed by atoms with Crippen LogP contribution in [0.15, 0.2) is 24.3 Å². The SMILES string of the molecule is CS(=O)(=O)CCCC(=O)Nc1cccc(CCC(=O)O)c1. The first kappa shape index (κ1) is 17.2. The fraction of sp³-hybridized carbons (Fsp3) is 0.429. The molecule has 0 aliphatic heterocycles. The van der Waals surface area contributed by atoms with Crippen molar-refractivity contribution in [3.05, 3.63) is 29.8 Å². The second kappa shape index (κ2) is 7.78. The van der Waals surface area contributed by atoms with Gasteiger partial charge in [0.15, 0.2) is 0 Å². The molecule has 0 unspecified atom stereocenters. The fourth-order valence-electron chi connectivity index (χ4n) is 1.77. The molecular weight excluding hydrogens is 294 g/mol. The lowest BCUT2D eigenvalue weighted by atomic mass is 10.1. The molecule has 21 heavy (non-hydrogen) atoms. The number of hydrogen-bond acceptors (Lipinski definition) is 4. The summed E-state index contributed by atoms with van der Waals surface area (Å²) in [6, 6.07) is 6.96. The molecule has 0 saturated carbocycles. The summed E-state index contributed by atoms with van der Waals surface area (Å²) in [4.78, 5) is 22.2. The minimum Gasteiger partial charge on any atom is -0.481 e. The molecule has 1 aromatic carbocycles. The number of sulfone groups is 1. The predicted octanol–water partition coefficient (Wildman–Crippen LogP) is 1.47. The molecule has 0 atom stereocenters. The maximum atomic E-state index is 11.7. The molecule has 0 aromatic heterocycles. The van der Waals surface area contributed by atoms with Crippen LogP contribution in [0, 0.1) is 0 Å². The molecule has 0 aliphatic rings. The van der Waals surface area contributed by atoms with E-state index in [1.807, 2.05) is 0 Å². The number of amides is 1. The van der Waals surface area contributed by atoms with Gasteiger partial charge in [-0.2, -0.15) is 0 Å². The average Bonchev–Trinajstić information content (AvgIpc) is 2.35. The molecule has 7 heteroatoms. The van der Waals surface area contributed by atoms with Crippen molar-refractivity contribution in [2.24, 2.45) is 0 Å². The largest absolute Gasteiger partial charge is 0.481 e. The number of aliphatic carboxylic acids is 1. The van der Waals surface area contributed by atoms with Crippen LogP contribution >= 0.6 is 0 Å². The van der Waals surface area contributed by atoms with Gasteiger partial charge in [-0.05, 0) is 30.5 Å². The first-order valence-corrected chi connectivity index (χ1v) is 8.60. The lowest BCUT2D eigenvalue weighted by Gasteiger charge is -2.07. The Labute approximate surface area is 124 Å². The second-order valence-electron chi connectivity index (χ2n) is 4.88. The summed E-state index contributed by atoms with van der Waals surface area (Å²) < 4.78 is 21.9. The van der Waals surface area contributed by atoms with Crippen LogP contribution < -0.4 is 5.32 Å². The highest BCUT2D eigenvalue weighted by Gasteiger charge is 2.07. The first-order valence-electron chi connectivity index (χ1n) is 6.54. The highest BCUT2D eigenvalue weighted by Crippen LogP contribution is 2.13. The van der Waals surface area contributed by atoms with Crippen molar-refractivity contribution in [2.45, 2.75) is 25.7 Å². The molecule has 1 rings (SSSR count). The van der Waals surface area contributed by atoms with Crippen molar-refractivity contribution in [3.63, 3.8) is 0 Å². The van der Waals surface area contributed by atoms with Gasteiger partial charge in [-0.3, -0.25) is 9.59 Å². The summed E-state index contributed by atoms with van der Waals surface area (Å²) in [5, 5.41) is 11.3. The van der Waals surface area contributed by atoms with E-state index in [9.17, 15) is 18.0 Å². The zero-order valence-electron chi connectivity index (χ0n) is 11.8. The Kier molecular flexibility index (Phi) is 6.36. The van der Waals surface area contributed by atoms with Gasteiger partial charge in [0, 0.05) is 24.8 Å². The number of rotatable bonds is 8. The monoisotopic (exact) mass is 313 g/mol. The minimum absolute atomic E-state index is 0.0148. The molecule has 116 valence electrons. The summed E-state index contributed by atoms with van der Waals surface area (Å²) in [5.41, 5.74) is 1.41. The lowest BCUT2D eigenvalue weighted by molar-refractivity contribution is -0.137. The number of nitrogens with one attached hydrogen (secondary N) is 1. The Bertz CT molecular complexity index is 610. The molecule has 0 heterocycles. The lowest BCUT2D eigenvalue weighted by Crippen LogP contribution is -2.13. The number of carboxylic acids is 1. The van der Waals surface area contributed by atoms with E-state index >= 15 is 0 Å². The molecule has 6 nitrogen and oxygen atoms in total. The quantitative estimate of drug-likeness (QED) is 0.757. The summed E-state index contributed by atoms with van der Waals surface area (Å²) >= 11 is 0. The van der Waals surface area contributed by atoms with Gasteiger partial charge in [0.1, 0.15) is 9.84 Å². The molecular formula is C14H19NO5S. The zero-order chi connectivity index (χ0) is 15.9. The molecule has 0 radical (unpaired) electrons. The third kappa shape index (κ3) is 8.09. The number of aryl methyl sites for hydroxylation is 1. The molecule has 0 saturated heterocycles. The van der Waals surface area contributed by atoms with Crippen molar-refractivity contribution in [3.8, 4) is 0 Å². The third-order valence-corrected chi connectivity index (χ3v) is 3.79. The van der Waals surface area contributed by atoms with Crippen LogP contribution in [0.4, 0.5) is 5.69 Å². The van der Waals surface area contributed by atoms with E-state index < -0.39 is 15.8 Å². The van der Waals surface area contributed by atoms with E-state index in [1.165, 1.54) is 0 Å². The van der Waals surface area contributed by atoms with E-state index in [0.29, 0.717) is 12.1 Å². The number of hydrogen-bond donors (Lipinski definition) is 2. The maximum absolute atomic E-state index is 11.7. The van der Waals surface area contributed by atoms with Gasteiger partial charge in [-0.25, -0.2) is 8.42 Å². The topological polar surface area (TPSA) is 101 Å². The molecule has 1 aromatic rings. The number of carbonyl (C=O) groups excluding carboxylic acids is 1. The average molecular weight is 313 g/mol. The summed E-state index contributed by atoms with van der Waals surface area (Å²) in [6.07, 6.45) is 1.98. The van der Waals surface area contributed by atoms with Crippen LogP contribution in [0.1, 0.15) is 24.8 Å². The van der Waals surface area contributed by atoms with Crippen molar-refractivity contribution >= 4 is 27.4 Å². The summed E-state index contributed by atoms with van der Waals surface area (Å²) in [5.74, 6) is -1.14. The van der Waals surface area contributed by atoms with Crippen molar-refractivity contribution in [1.82, 2.24) is 0 Å². The van der Waals surface area contributed by atoms with Crippen LogP contribution in [0.5, 0.6) is 0 Å². The van der Waals surface area contributed by atoms with E-state index in [2.05, 4.69) is 5.32 Å². The van der Waals surface area contributed by atoms with Gasteiger partial charge >= 0.3 is 5.97 Å². The van der Waals surface area contributed by atoms with Gasteiger partial charge < -0.3 is 10.4 Å². The summed E-state index contributed by atoms with van der Waals surface area (Å²) in [6.45, 7) is 0. The molecule has 0 spiro atoms. The van der Waals surface area contributed by atoms with Gasteiger partial charge in [0.25, 0.3) is 0 Å². The Morgan fingerprint density at radius 1 is 1.24 bits per heavy atom. The molecule has 0 fully saturated rings. The Morgan fingerprint density at radius 3 is 2.57 bits per heavy atom. The van der Waals surface area contributed by atoms with Crippen LogP contribution in [-0.4, -0.2) is 37.4 Å². The van der Waals surface area contributed by atoms with Gasteiger partial charge in [-0.15, -0.1) is 0 Å². The van der Waals surface area contributed by atoms with Crippen LogP contribution in [0.2, 0.25) is 0 Å². The molecule has 1 amide bonds. The van der Waals surface area contributed by atoms with Crippen molar-refractivity contribution in [2.75, 3.05) is 17.3 Å². The minimum atomic E-state index is -3.05. The standard InChI is InChI=1S/C14H19NO5S/c1-21(19,20)9-3-6-13(16)15-12-5-2-4-11(10-12)7-8-14(17)18/h2,4-5,10H,3,6-9H2,1H3,(H,15,16)(H,17,18). The first-order chi connectivity index (χ1) is 9.76. The smallest absolute Gasteiger partial charge is 0.303 e. The Balaban J connectivity index is 2.48. The predicted molar refractivity (Wildman–Crippen MR) is 80.0 cm³/mol. The number of carbonyl (C=O) groups is 2. The Hall–Kier alpha value is -1.89. The van der Waals surface area contributed by atoms with Crippen LogP contribution in [0.3, 0.4) is 0 Å². The van der Waals surface area contributed by atoms with E-state index in [0.717, 1.165) is 11.8 Å². The highest BCUT2D eigenvalue weighted by atomic mass is 32.2. The zero-order valence-corrected chi connectivity index (χ0v) is 12.6. The maximum Gasteiger partial charge on any atom is 0.303 e. The van der Waals surface area contributed by atoms with Gasteiger partial charge in [0.2, 0.25) is 5.91 Å². The molecule has 0 aliphatic carbocycles. The Morgan fingerprint density at radius 2 is 1.95 bits per heavy atom. The second-order valence-corrected chi connectivity index (χ2v) is 7.14. The molecule has 2 N–H and O–H groups in total. The van der Waals surface area contributed by atoms with Crippen LogP contribution in [0.25, 0.3) is 0 Å². The highest BCUT2D eigenvalue weighted by molar-refractivity contribution is 7.90. The molecule has 0 bridgehead atoms. The van der Waals surface area contributed by atoms with Crippen LogP contribution in [-0.2, 0) is 25.8 Å². The van der Waals surface area contributed by atoms with E-state index in [4.69, 9.17) is 5.11 Å². The number of carboxylic acid groups (broad SMARTS) is 1. The number of benzene rings is 1.